The number of amides is 1. The van der Waals surface area contributed by atoms with Gasteiger partial charge in [0, 0.05) is 18.8 Å². The van der Waals surface area contributed by atoms with E-state index >= 15 is 0 Å². The van der Waals surface area contributed by atoms with Gasteiger partial charge in [-0.15, -0.1) is 0 Å². The molecule has 0 aromatic carbocycles. The van der Waals surface area contributed by atoms with Crippen LogP contribution in [-0.4, -0.2) is 35.6 Å². The van der Waals surface area contributed by atoms with Crippen molar-refractivity contribution in [3.05, 3.63) is 12.3 Å². The number of nitrogens with zero attached hydrogens (tertiary/aromatic N) is 2. The minimum atomic E-state index is -0.0721. The number of carbonyl (C=O) groups excluding carboxylic acids is 1. The first-order valence-corrected chi connectivity index (χ1v) is 6.58. The van der Waals surface area contributed by atoms with Gasteiger partial charge in [0.1, 0.15) is 0 Å². The second kappa shape index (κ2) is 8.29. The van der Waals surface area contributed by atoms with Gasteiger partial charge in [0.05, 0.1) is 13.2 Å². The van der Waals surface area contributed by atoms with Crippen molar-refractivity contribution in [2.45, 2.75) is 27.2 Å². The summed E-state index contributed by atoms with van der Waals surface area (Å²) in [6.45, 7) is 7.56. The molecule has 1 heterocycles. The molecule has 0 bridgehead atoms. The molecule has 1 aromatic rings. The zero-order chi connectivity index (χ0) is 14.1. The highest BCUT2D eigenvalue weighted by Gasteiger charge is 2.04. The Morgan fingerprint density at radius 3 is 2.95 bits per heavy atom. The molecule has 6 heteroatoms. The molecule has 6 nitrogen and oxygen atoms in total. The number of carbonyl (C=O) groups is 1. The van der Waals surface area contributed by atoms with E-state index in [1.807, 2.05) is 20.8 Å². The molecule has 1 aromatic heterocycles. The summed E-state index contributed by atoms with van der Waals surface area (Å²) in [7, 11) is 0. The summed E-state index contributed by atoms with van der Waals surface area (Å²) < 4.78 is 5.39. The summed E-state index contributed by atoms with van der Waals surface area (Å²) in [5, 5.41) is 5.68. The average Bonchev–Trinajstić information content (AvgIpc) is 2.41. The minimum absolute atomic E-state index is 0.0721. The second-order valence-corrected chi connectivity index (χ2v) is 4.62. The normalized spacial score (nSPS) is 10.3. The summed E-state index contributed by atoms with van der Waals surface area (Å²) in [6, 6.07) is 1.69. The maximum absolute atomic E-state index is 11.5. The van der Waals surface area contributed by atoms with Crippen molar-refractivity contribution in [2.24, 2.45) is 5.92 Å². The maximum Gasteiger partial charge on any atom is 0.239 e. The van der Waals surface area contributed by atoms with Crippen LogP contribution in [0.1, 0.15) is 27.2 Å². The van der Waals surface area contributed by atoms with E-state index in [1.54, 1.807) is 12.3 Å². The number of hydrogen-bond acceptors (Lipinski definition) is 5. The number of rotatable bonds is 8. The summed E-state index contributed by atoms with van der Waals surface area (Å²) >= 11 is 0. The standard InChI is InChI=1S/C13H22N4O2/c1-4-7-19-12-5-6-14-13(17-12)16-9-11(18)15-8-10(2)3/h5-6,10H,4,7-9H2,1-3H3,(H,15,18)(H,14,16,17). The molecular weight excluding hydrogens is 244 g/mol. The Kier molecular flexibility index (Phi) is 6.63. The molecule has 2 N–H and O–H groups in total. The SMILES string of the molecule is CCCOc1ccnc(NCC(=O)NCC(C)C)n1. The van der Waals surface area contributed by atoms with Crippen LogP contribution in [0.5, 0.6) is 5.88 Å². The van der Waals surface area contributed by atoms with E-state index in [-0.39, 0.29) is 12.5 Å². The zero-order valence-electron chi connectivity index (χ0n) is 11.8. The van der Waals surface area contributed by atoms with E-state index < -0.39 is 0 Å². The highest BCUT2D eigenvalue weighted by atomic mass is 16.5. The molecule has 0 saturated heterocycles. The topological polar surface area (TPSA) is 76.1 Å². The lowest BCUT2D eigenvalue weighted by atomic mass is 10.2. The Hall–Kier alpha value is -1.85. The van der Waals surface area contributed by atoms with Crippen molar-refractivity contribution >= 4 is 11.9 Å². The van der Waals surface area contributed by atoms with Crippen LogP contribution in [0.3, 0.4) is 0 Å². The van der Waals surface area contributed by atoms with Gasteiger partial charge in [0.25, 0.3) is 0 Å². The van der Waals surface area contributed by atoms with Gasteiger partial charge < -0.3 is 15.4 Å². The van der Waals surface area contributed by atoms with E-state index in [9.17, 15) is 4.79 Å². The first-order valence-electron chi connectivity index (χ1n) is 6.58. The van der Waals surface area contributed by atoms with Crippen LogP contribution in [-0.2, 0) is 4.79 Å². The number of nitrogens with one attached hydrogen (secondary N) is 2. The summed E-state index contributed by atoms with van der Waals surface area (Å²) in [4.78, 5) is 19.7. The number of hydrogen-bond donors (Lipinski definition) is 2. The Bertz CT molecular complexity index is 396. The monoisotopic (exact) mass is 266 g/mol. The molecule has 106 valence electrons. The largest absolute Gasteiger partial charge is 0.478 e. The number of anilines is 1. The first-order chi connectivity index (χ1) is 9.11. The summed E-state index contributed by atoms with van der Waals surface area (Å²) in [5.74, 6) is 1.28. The van der Waals surface area contributed by atoms with Crippen molar-refractivity contribution < 1.29 is 9.53 Å². The van der Waals surface area contributed by atoms with Crippen LogP contribution in [0.4, 0.5) is 5.95 Å². The van der Waals surface area contributed by atoms with Crippen LogP contribution in [0, 0.1) is 5.92 Å². The number of ether oxygens (including phenoxy) is 1. The predicted molar refractivity (Wildman–Crippen MR) is 74.2 cm³/mol. The van der Waals surface area contributed by atoms with Crippen LogP contribution < -0.4 is 15.4 Å². The van der Waals surface area contributed by atoms with Crippen LogP contribution in [0.25, 0.3) is 0 Å². The van der Waals surface area contributed by atoms with Gasteiger partial charge in [-0.1, -0.05) is 20.8 Å². The smallest absolute Gasteiger partial charge is 0.239 e. The Morgan fingerprint density at radius 2 is 2.26 bits per heavy atom. The molecule has 1 amide bonds. The third-order valence-electron chi connectivity index (χ3n) is 2.20. The third kappa shape index (κ3) is 6.59. The van der Waals surface area contributed by atoms with Crippen molar-refractivity contribution in [3.63, 3.8) is 0 Å². The predicted octanol–water partition coefficient (Wildman–Crippen LogP) is 1.45. The fraction of sp³-hybridized carbons (Fsp3) is 0.615. The van der Waals surface area contributed by atoms with E-state index in [0.717, 1.165) is 6.42 Å². The lowest BCUT2D eigenvalue weighted by molar-refractivity contribution is -0.119. The van der Waals surface area contributed by atoms with Crippen LogP contribution in [0.2, 0.25) is 0 Å². The molecule has 0 atom stereocenters. The van der Waals surface area contributed by atoms with Gasteiger partial charge in [-0.3, -0.25) is 4.79 Å². The Balaban J connectivity index is 2.38. The molecule has 19 heavy (non-hydrogen) atoms. The second-order valence-electron chi connectivity index (χ2n) is 4.62. The zero-order valence-corrected chi connectivity index (χ0v) is 11.8. The van der Waals surface area contributed by atoms with Gasteiger partial charge in [-0.05, 0) is 12.3 Å². The van der Waals surface area contributed by atoms with Crippen LogP contribution in [0.15, 0.2) is 12.3 Å². The molecule has 0 aliphatic carbocycles. The quantitative estimate of drug-likeness (QED) is 0.744. The van der Waals surface area contributed by atoms with Crippen molar-refractivity contribution in [2.75, 3.05) is 25.0 Å². The molecule has 0 spiro atoms. The molecule has 0 radical (unpaired) electrons. The Labute approximate surface area is 114 Å². The molecule has 0 saturated carbocycles. The van der Waals surface area contributed by atoms with E-state index in [1.165, 1.54) is 0 Å². The Morgan fingerprint density at radius 1 is 1.47 bits per heavy atom. The third-order valence-corrected chi connectivity index (χ3v) is 2.20. The van der Waals surface area contributed by atoms with Crippen LogP contribution >= 0.6 is 0 Å². The average molecular weight is 266 g/mol. The van der Waals surface area contributed by atoms with E-state index in [0.29, 0.717) is 30.9 Å². The fourth-order valence-electron chi connectivity index (χ4n) is 1.25. The molecule has 0 unspecified atom stereocenters. The molecule has 0 fully saturated rings. The lowest BCUT2D eigenvalue weighted by Crippen LogP contribution is -2.32. The fourth-order valence-corrected chi connectivity index (χ4v) is 1.25. The molecule has 0 aliphatic heterocycles. The van der Waals surface area contributed by atoms with Gasteiger partial charge in [0.15, 0.2) is 0 Å². The summed E-state index contributed by atoms with van der Waals surface area (Å²) in [6.07, 6.45) is 2.52. The number of aromatic nitrogens is 2. The molecule has 0 aliphatic rings. The van der Waals surface area contributed by atoms with Gasteiger partial charge >= 0.3 is 0 Å². The van der Waals surface area contributed by atoms with Gasteiger partial charge in [0.2, 0.25) is 17.7 Å². The minimum Gasteiger partial charge on any atom is -0.478 e. The van der Waals surface area contributed by atoms with Crippen molar-refractivity contribution in [1.82, 2.24) is 15.3 Å². The first kappa shape index (κ1) is 15.2. The van der Waals surface area contributed by atoms with E-state index in [2.05, 4.69) is 20.6 Å². The van der Waals surface area contributed by atoms with Gasteiger partial charge in [-0.25, -0.2) is 4.98 Å². The maximum atomic E-state index is 11.5. The lowest BCUT2D eigenvalue weighted by Gasteiger charge is -2.09. The van der Waals surface area contributed by atoms with Crippen molar-refractivity contribution in [3.8, 4) is 5.88 Å². The highest BCUT2D eigenvalue weighted by molar-refractivity contribution is 5.80. The molecule has 1 rings (SSSR count). The van der Waals surface area contributed by atoms with Crippen molar-refractivity contribution in [1.29, 1.82) is 0 Å². The summed E-state index contributed by atoms with van der Waals surface area (Å²) in [5.41, 5.74) is 0. The highest BCUT2D eigenvalue weighted by Crippen LogP contribution is 2.08. The van der Waals surface area contributed by atoms with E-state index in [4.69, 9.17) is 4.74 Å². The molecular formula is C13H22N4O2. The van der Waals surface area contributed by atoms with Gasteiger partial charge in [-0.2, -0.15) is 4.98 Å².